The first-order valence-electron chi connectivity index (χ1n) is 7.69. The lowest BCUT2D eigenvalue weighted by Crippen LogP contribution is -2.47. The predicted octanol–water partition coefficient (Wildman–Crippen LogP) is 0.0185. The Balaban J connectivity index is 2.43. The Labute approximate surface area is 139 Å². The molecule has 8 nitrogen and oxygen atoms in total. The lowest BCUT2D eigenvalue weighted by atomic mass is 10.3. The Morgan fingerprint density at radius 2 is 2.22 bits per heavy atom. The molecule has 1 aromatic rings. The smallest absolute Gasteiger partial charge is 0.330 e. The van der Waals surface area contributed by atoms with Gasteiger partial charge in [0.25, 0.3) is 5.56 Å². The zero-order valence-electron chi connectivity index (χ0n) is 13.4. The first kappa shape index (κ1) is 17.5. The second-order valence-corrected chi connectivity index (χ2v) is 5.90. The molecule has 1 aliphatic rings. The average Bonchev–Trinajstić information content (AvgIpc) is 3.30. The van der Waals surface area contributed by atoms with Gasteiger partial charge in [-0.2, -0.15) is 0 Å². The SMILES string of the molecule is CCCn1c(N)c(N(CCOC)C(=S)NC2CC2)c(=O)[nH]c1=O. The second kappa shape index (κ2) is 7.60. The zero-order valence-corrected chi connectivity index (χ0v) is 14.2. The van der Waals surface area contributed by atoms with Crippen LogP contribution in [-0.4, -0.2) is 41.0 Å². The van der Waals surface area contributed by atoms with Gasteiger partial charge in [-0.3, -0.25) is 14.3 Å². The van der Waals surface area contributed by atoms with Crippen molar-refractivity contribution in [3.8, 4) is 0 Å². The van der Waals surface area contributed by atoms with E-state index in [0.717, 1.165) is 19.3 Å². The van der Waals surface area contributed by atoms with Crippen LogP contribution in [0.4, 0.5) is 11.5 Å². The lowest BCUT2D eigenvalue weighted by Gasteiger charge is -2.26. The number of hydrogen-bond donors (Lipinski definition) is 3. The number of nitrogen functional groups attached to an aromatic ring is 1. The van der Waals surface area contributed by atoms with Crippen molar-refractivity contribution in [1.82, 2.24) is 14.9 Å². The number of thiocarbonyl (C=S) groups is 1. The van der Waals surface area contributed by atoms with E-state index in [0.29, 0.717) is 30.9 Å². The van der Waals surface area contributed by atoms with Gasteiger partial charge in [0, 0.05) is 26.2 Å². The van der Waals surface area contributed by atoms with E-state index in [9.17, 15) is 9.59 Å². The summed E-state index contributed by atoms with van der Waals surface area (Å²) < 4.78 is 6.45. The number of ether oxygens (including phenoxy) is 1. The summed E-state index contributed by atoms with van der Waals surface area (Å²) in [4.78, 5) is 28.2. The van der Waals surface area contributed by atoms with Gasteiger partial charge in [-0.15, -0.1) is 0 Å². The van der Waals surface area contributed by atoms with Gasteiger partial charge >= 0.3 is 5.69 Å². The molecule has 2 rings (SSSR count). The van der Waals surface area contributed by atoms with E-state index in [1.54, 1.807) is 12.0 Å². The van der Waals surface area contributed by atoms with E-state index >= 15 is 0 Å². The molecule has 0 bridgehead atoms. The summed E-state index contributed by atoms with van der Waals surface area (Å²) in [5, 5.41) is 3.61. The quantitative estimate of drug-likeness (QED) is 0.600. The number of aromatic nitrogens is 2. The summed E-state index contributed by atoms with van der Waals surface area (Å²) in [7, 11) is 1.57. The summed E-state index contributed by atoms with van der Waals surface area (Å²) in [5.41, 5.74) is 5.24. The van der Waals surface area contributed by atoms with E-state index in [-0.39, 0.29) is 11.5 Å². The van der Waals surface area contributed by atoms with Crippen molar-refractivity contribution >= 4 is 28.8 Å². The molecule has 0 unspecified atom stereocenters. The van der Waals surface area contributed by atoms with Crippen molar-refractivity contribution in [2.45, 2.75) is 38.8 Å². The third kappa shape index (κ3) is 4.11. The van der Waals surface area contributed by atoms with Crippen molar-refractivity contribution in [3.05, 3.63) is 20.8 Å². The maximum Gasteiger partial charge on any atom is 0.330 e. The van der Waals surface area contributed by atoms with Gasteiger partial charge in [-0.25, -0.2) is 4.79 Å². The van der Waals surface area contributed by atoms with E-state index in [4.69, 9.17) is 22.7 Å². The van der Waals surface area contributed by atoms with Gasteiger partial charge in [-0.1, -0.05) is 6.92 Å². The van der Waals surface area contributed by atoms with Crippen LogP contribution in [0.5, 0.6) is 0 Å². The molecule has 4 N–H and O–H groups in total. The number of aromatic amines is 1. The molecule has 0 aromatic carbocycles. The van der Waals surface area contributed by atoms with Crippen molar-refractivity contribution in [1.29, 1.82) is 0 Å². The molecule has 1 fully saturated rings. The van der Waals surface area contributed by atoms with Crippen molar-refractivity contribution < 1.29 is 4.74 Å². The first-order chi connectivity index (χ1) is 11.0. The number of nitrogens with one attached hydrogen (secondary N) is 2. The van der Waals surface area contributed by atoms with Crippen LogP contribution >= 0.6 is 12.2 Å². The van der Waals surface area contributed by atoms with Gasteiger partial charge in [0.2, 0.25) is 0 Å². The molecule has 1 heterocycles. The standard InChI is InChI=1S/C14H23N5O3S/c1-3-6-19-11(15)10(12(20)17-13(19)21)18(7-8-22-2)14(23)16-9-4-5-9/h9H,3-8,15H2,1-2H3,(H,16,23)(H,17,20,21). The van der Waals surface area contributed by atoms with Gasteiger partial charge in [0.1, 0.15) is 5.82 Å². The van der Waals surface area contributed by atoms with E-state index in [1.807, 2.05) is 6.92 Å². The third-order valence-electron chi connectivity index (χ3n) is 3.60. The molecular weight excluding hydrogens is 318 g/mol. The van der Waals surface area contributed by atoms with Gasteiger partial charge < -0.3 is 20.7 Å². The Kier molecular flexibility index (Phi) is 5.78. The number of methoxy groups -OCH3 is 1. The topological polar surface area (TPSA) is 105 Å². The minimum absolute atomic E-state index is 0.122. The molecule has 1 aromatic heterocycles. The van der Waals surface area contributed by atoms with E-state index in [1.165, 1.54) is 4.57 Å². The Morgan fingerprint density at radius 1 is 1.52 bits per heavy atom. The average molecular weight is 341 g/mol. The van der Waals surface area contributed by atoms with Crippen LogP contribution in [0.25, 0.3) is 0 Å². The first-order valence-corrected chi connectivity index (χ1v) is 8.10. The normalized spacial score (nSPS) is 13.8. The van der Waals surface area contributed by atoms with Crippen LogP contribution in [0, 0.1) is 0 Å². The molecule has 0 radical (unpaired) electrons. The van der Waals surface area contributed by atoms with Gasteiger partial charge in [-0.05, 0) is 31.5 Å². The molecule has 1 aliphatic carbocycles. The summed E-state index contributed by atoms with van der Waals surface area (Å²) in [6, 6.07) is 0.342. The van der Waals surface area contributed by atoms with Crippen LogP contribution in [0.1, 0.15) is 26.2 Å². The monoisotopic (exact) mass is 341 g/mol. The fourth-order valence-electron chi connectivity index (χ4n) is 2.26. The molecule has 0 atom stereocenters. The number of anilines is 2. The third-order valence-corrected chi connectivity index (χ3v) is 3.94. The summed E-state index contributed by atoms with van der Waals surface area (Å²) in [5.74, 6) is 0.122. The van der Waals surface area contributed by atoms with Crippen LogP contribution in [0.15, 0.2) is 9.59 Å². The highest BCUT2D eigenvalue weighted by Crippen LogP contribution is 2.21. The Morgan fingerprint density at radius 3 is 2.78 bits per heavy atom. The number of H-pyrrole nitrogens is 1. The minimum atomic E-state index is -0.545. The minimum Gasteiger partial charge on any atom is -0.383 e. The maximum atomic E-state index is 12.3. The number of hydrogen-bond acceptors (Lipinski definition) is 5. The van der Waals surface area contributed by atoms with Crippen LogP contribution in [-0.2, 0) is 11.3 Å². The number of nitrogens with zero attached hydrogens (tertiary/aromatic N) is 2. The molecule has 1 saturated carbocycles. The summed E-state index contributed by atoms with van der Waals surface area (Å²) in [6.07, 6.45) is 2.83. The van der Waals surface area contributed by atoms with Gasteiger partial charge in [0.15, 0.2) is 10.8 Å². The largest absolute Gasteiger partial charge is 0.383 e. The van der Waals surface area contributed by atoms with Crippen molar-refractivity contribution in [3.63, 3.8) is 0 Å². The van der Waals surface area contributed by atoms with Crippen LogP contribution in [0.3, 0.4) is 0 Å². The molecule has 0 aliphatic heterocycles. The molecule has 0 amide bonds. The highest BCUT2D eigenvalue weighted by Gasteiger charge is 2.27. The maximum absolute atomic E-state index is 12.3. The summed E-state index contributed by atoms with van der Waals surface area (Å²) in [6.45, 7) is 3.10. The van der Waals surface area contributed by atoms with Crippen molar-refractivity contribution in [2.24, 2.45) is 0 Å². The summed E-state index contributed by atoms with van der Waals surface area (Å²) >= 11 is 5.41. The number of rotatable bonds is 7. The molecule has 0 saturated heterocycles. The van der Waals surface area contributed by atoms with E-state index in [2.05, 4.69) is 10.3 Å². The van der Waals surface area contributed by atoms with Crippen LogP contribution in [0.2, 0.25) is 0 Å². The fraction of sp³-hybridized carbons (Fsp3) is 0.643. The highest BCUT2D eigenvalue weighted by molar-refractivity contribution is 7.80. The molecular formula is C14H23N5O3S. The predicted molar refractivity (Wildman–Crippen MR) is 94.0 cm³/mol. The lowest BCUT2D eigenvalue weighted by molar-refractivity contribution is 0.207. The fourth-order valence-corrected chi connectivity index (χ4v) is 2.61. The highest BCUT2D eigenvalue weighted by atomic mass is 32.1. The Bertz CT molecular complexity index is 680. The molecule has 9 heteroatoms. The molecule has 23 heavy (non-hydrogen) atoms. The van der Waals surface area contributed by atoms with E-state index < -0.39 is 11.2 Å². The van der Waals surface area contributed by atoms with Crippen molar-refractivity contribution in [2.75, 3.05) is 30.9 Å². The Hall–Kier alpha value is -1.87. The zero-order chi connectivity index (χ0) is 17.0. The van der Waals surface area contributed by atoms with Crippen LogP contribution < -0.4 is 27.2 Å². The molecule has 0 spiro atoms. The number of nitrogens with two attached hydrogens (primary N) is 1. The van der Waals surface area contributed by atoms with Gasteiger partial charge in [0.05, 0.1) is 6.61 Å². The second-order valence-electron chi connectivity index (χ2n) is 5.51. The molecule has 128 valence electrons.